The zero-order valence-corrected chi connectivity index (χ0v) is 11.0. The molecule has 0 aliphatic heterocycles. The van der Waals surface area contributed by atoms with Gasteiger partial charge in [0.25, 0.3) is 0 Å². The smallest absolute Gasteiger partial charge is 0.243 e. The number of rotatable bonds is 5. The van der Waals surface area contributed by atoms with Crippen molar-refractivity contribution in [1.29, 1.82) is 5.26 Å². The first-order chi connectivity index (χ1) is 8.70. The van der Waals surface area contributed by atoms with Crippen LogP contribution in [-0.4, -0.2) is 23.9 Å². The van der Waals surface area contributed by atoms with Crippen molar-refractivity contribution in [2.24, 2.45) is 5.41 Å². The molecule has 0 bridgehead atoms. The Morgan fingerprint density at radius 1 is 1.17 bits per heavy atom. The van der Waals surface area contributed by atoms with Crippen LogP contribution in [0.15, 0.2) is 25.3 Å². The van der Waals surface area contributed by atoms with Crippen LogP contribution in [0.2, 0.25) is 0 Å². The Labute approximate surface area is 110 Å². The molecular weight excluding hydrogens is 224 g/mol. The minimum absolute atomic E-state index is 0.0494. The molecule has 0 radical (unpaired) electrons. The van der Waals surface area contributed by atoms with Crippen molar-refractivity contribution >= 4 is 5.91 Å². The Morgan fingerprint density at radius 3 is 2.06 bits per heavy atom. The van der Waals surface area contributed by atoms with Crippen LogP contribution in [0.3, 0.4) is 0 Å². The Kier molecular flexibility index (Phi) is 5.64. The van der Waals surface area contributed by atoms with Crippen LogP contribution in [0.1, 0.15) is 38.5 Å². The molecule has 0 atom stereocenters. The average Bonchev–Trinajstić information content (AvgIpc) is 2.64. The normalized spacial score (nSPS) is 18.2. The predicted molar refractivity (Wildman–Crippen MR) is 72.7 cm³/mol. The third-order valence-electron chi connectivity index (χ3n) is 3.57. The van der Waals surface area contributed by atoms with Crippen molar-refractivity contribution in [3.8, 4) is 6.07 Å². The van der Waals surface area contributed by atoms with E-state index < -0.39 is 5.41 Å². The maximum absolute atomic E-state index is 12.6. The van der Waals surface area contributed by atoms with E-state index >= 15 is 0 Å². The van der Waals surface area contributed by atoms with Crippen LogP contribution in [0.5, 0.6) is 0 Å². The summed E-state index contributed by atoms with van der Waals surface area (Å²) in [5.74, 6) is -0.0494. The van der Waals surface area contributed by atoms with Gasteiger partial charge in [-0.05, 0) is 12.8 Å². The van der Waals surface area contributed by atoms with Gasteiger partial charge in [0.2, 0.25) is 5.91 Å². The minimum Gasteiger partial charge on any atom is -0.334 e. The van der Waals surface area contributed by atoms with Crippen molar-refractivity contribution in [3.05, 3.63) is 25.3 Å². The Balaban J connectivity index is 2.90. The molecule has 1 aliphatic carbocycles. The fourth-order valence-electron chi connectivity index (χ4n) is 2.56. The molecule has 3 heteroatoms. The summed E-state index contributed by atoms with van der Waals surface area (Å²) in [6.07, 6.45) is 8.95. The van der Waals surface area contributed by atoms with Crippen molar-refractivity contribution < 1.29 is 4.79 Å². The molecule has 98 valence electrons. The molecule has 0 spiro atoms. The SMILES string of the molecule is C=CCN(CC=C)C(=O)C1(C#N)CCCCCC1. The third kappa shape index (κ3) is 3.22. The summed E-state index contributed by atoms with van der Waals surface area (Å²) in [7, 11) is 0. The molecule has 1 aliphatic rings. The van der Waals surface area contributed by atoms with Gasteiger partial charge in [0.05, 0.1) is 6.07 Å². The first-order valence-corrected chi connectivity index (χ1v) is 6.62. The van der Waals surface area contributed by atoms with E-state index in [4.69, 9.17) is 0 Å². The molecule has 0 saturated heterocycles. The molecule has 0 heterocycles. The standard InChI is InChI=1S/C15H22N2O/c1-3-11-17(12-4-2)14(18)15(13-16)9-7-5-6-8-10-15/h3-4H,1-2,5-12H2. The Morgan fingerprint density at radius 2 is 1.67 bits per heavy atom. The second kappa shape index (κ2) is 7.00. The summed E-state index contributed by atoms with van der Waals surface area (Å²) in [5, 5.41) is 9.47. The first-order valence-electron chi connectivity index (χ1n) is 6.62. The summed E-state index contributed by atoms with van der Waals surface area (Å²) < 4.78 is 0. The lowest BCUT2D eigenvalue weighted by Gasteiger charge is -2.30. The van der Waals surface area contributed by atoms with Gasteiger partial charge in [-0.25, -0.2) is 0 Å². The maximum Gasteiger partial charge on any atom is 0.243 e. The maximum atomic E-state index is 12.6. The third-order valence-corrected chi connectivity index (χ3v) is 3.57. The zero-order chi connectivity index (χ0) is 13.4. The molecular formula is C15H22N2O. The molecule has 1 fully saturated rings. The quantitative estimate of drug-likeness (QED) is 0.553. The molecule has 3 nitrogen and oxygen atoms in total. The van der Waals surface area contributed by atoms with E-state index in [-0.39, 0.29) is 5.91 Å². The monoisotopic (exact) mass is 246 g/mol. The first kappa shape index (κ1) is 14.5. The fourth-order valence-corrected chi connectivity index (χ4v) is 2.56. The van der Waals surface area contributed by atoms with Gasteiger partial charge < -0.3 is 4.90 Å². The van der Waals surface area contributed by atoms with Gasteiger partial charge in [-0.3, -0.25) is 4.79 Å². The number of hydrogen-bond acceptors (Lipinski definition) is 2. The van der Waals surface area contributed by atoms with E-state index in [1.807, 2.05) is 0 Å². The van der Waals surface area contributed by atoms with Gasteiger partial charge in [-0.2, -0.15) is 5.26 Å². The topological polar surface area (TPSA) is 44.1 Å². The van der Waals surface area contributed by atoms with E-state index in [1.54, 1.807) is 17.1 Å². The predicted octanol–water partition coefficient (Wildman–Crippen LogP) is 3.05. The molecule has 0 aromatic rings. The van der Waals surface area contributed by atoms with Gasteiger partial charge in [-0.1, -0.05) is 37.8 Å². The number of amides is 1. The molecule has 1 rings (SSSR count). The number of hydrogen-bond donors (Lipinski definition) is 0. The van der Waals surface area contributed by atoms with Crippen molar-refractivity contribution in [2.45, 2.75) is 38.5 Å². The fraction of sp³-hybridized carbons (Fsp3) is 0.600. The highest BCUT2D eigenvalue weighted by Crippen LogP contribution is 2.36. The second-order valence-electron chi connectivity index (χ2n) is 4.90. The average molecular weight is 246 g/mol. The number of carbonyl (C=O) groups excluding carboxylic acids is 1. The van der Waals surface area contributed by atoms with Crippen molar-refractivity contribution in [3.63, 3.8) is 0 Å². The van der Waals surface area contributed by atoms with E-state index in [0.717, 1.165) is 25.7 Å². The lowest BCUT2D eigenvalue weighted by molar-refractivity contribution is -0.138. The van der Waals surface area contributed by atoms with E-state index in [0.29, 0.717) is 25.9 Å². The molecule has 0 unspecified atom stereocenters. The number of nitriles is 1. The Bertz CT molecular complexity index is 336. The van der Waals surface area contributed by atoms with Gasteiger partial charge in [0.15, 0.2) is 0 Å². The summed E-state index contributed by atoms with van der Waals surface area (Å²) in [4.78, 5) is 14.3. The highest BCUT2D eigenvalue weighted by molar-refractivity contribution is 5.85. The largest absolute Gasteiger partial charge is 0.334 e. The van der Waals surface area contributed by atoms with E-state index in [1.165, 1.54) is 0 Å². The van der Waals surface area contributed by atoms with Gasteiger partial charge in [0.1, 0.15) is 5.41 Å². The molecule has 18 heavy (non-hydrogen) atoms. The van der Waals surface area contributed by atoms with Gasteiger partial charge in [-0.15, -0.1) is 13.2 Å². The van der Waals surface area contributed by atoms with Crippen LogP contribution in [0, 0.1) is 16.7 Å². The van der Waals surface area contributed by atoms with Crippen LogP contribution >= 0.6 is 0 Å². The molecule has 0 aromatic heterocycles. The summed E-state index contributed by atoms with van der Waals surface area (Å²) in [6.45, 7) is 8.29. The van der Waals surface area contributed by atoms with E-state index in [2.05, 4.69) is 19.2 Å². The van der Waals surface area contributed by atoms with Crippen molar-refractivity contribution in [2.75, 3.05) is 13.1 Å². The van der Waals surface area contributed by atoms with Crippen LogP contribution < -0.4 is 0 Å². The van der Waals surface area contributed by atoms with E-state index in [9.17, 15) is 10.1 Å². The minimum atomic E-state index is -0.817. The van der Waals surface area contributed by atoms with Gasteiger partial charge >= 0.3 is 0 Å². The molecule has 1 saturated carbocycles. The summed E-state index contributed by atoms with van der Waals surface area (Å²) in [6, 6.07) is 2.29. The van der Waals surface area contributed by atoms with Crippen LogP contribution in [0.4, 0.5) is 0 Å². The van der Waals surface area contributed by atoms with Gasteiger partial charge in [0, 0.05) is 13.1 Å². The lowest BCUT2D eigenvalue weighted by Crippen LogP contribution is -2.43. The Hall–Kier alpha value is -1.56. The summed E-state index contributed by atoms with van der Waals surface area (Å²) in [5.41, 5.74) is -0.817. The van der Waals surface area contributed by atoms with Crippen LogP contribution in [-0.2, 0) is 4.79 Å². The lowest BCUT2D eigenvalue weighted by atomic mass is 9.80. The summed E-state index contributed by atoms with van der Waals surface area (Å²) >= 11 is 0. The van der Waals surface area contributed by atoms with Crippen LogP contribution in [0.25, 0.3) is 0 Å². The van der Waals surface area contributed by atoms with Crippen molar-refractivity contribution in [1.82, 2.24) is 4.90 Å². The number of carbonyl (C=O) groups is 1. The molecule has 1 amide bonds. The molecule has 0 aromatic carbocycles. The highest BCUT2D eigenvalue weighted by Gasteiger charge is 2.41. The molecule has 0 N–H and O–H groups in total. The second-order valence-corrected chi connectivity index (χ2v) is 4.90. The highest BCUT2D eigenvalue weighted by atomic mass is 16.2. The zero-order valence-electron chi connectivity index (χ0n) is 11.0. The number of nitrogens with zero attached hydrogens (tertiary/aromatic N) is 2.